The van der Waals surface area contributed by atoms with Gasteiger partial charge in [0, 0.05) is 0 Å². The largest absolute Gasteiger partial charge is 0.460 e. The van der Waals surface area contributed by atoms with Crippen LogP contribution in [0.1, 0.15) is 12.0 Å². The number of amidine groups is 1. The van der Waals surface area contributed by atoms with Crippen LogP contribution in [0.3, 0.4) is 0 Å². The fraction of sp³-hybridized carbons (Fsp3) is 0.200. The second-order valence-electron chi connectivity index (χ2n) is 2.99. The van der Waals surface area contributed by atoms with Crippen molar-refractivity contribution in [3.63, 3.8) is 0 Å². The number of rotatable bonds is 4. The molecule has 0 radical (unpaired) electrons. The average molecular weight is 247 g/mol. The van der Waals surface area contributed by atoms with Crippen molar-refractivity contribution >= 4 is 24.2 Å². The number of hydrogen-bond donors (Lipinski definition) is 2. The summed E-state index contributed by atoms with van der Waals surface area (Å²) in [6.07, 6.45) is -0.221. The first-order valence-electron chi connectivity index (χ1n) is 4.31. The van der Waals surface area contributed by atoms with Gasteiger partial charge in [-0.1, -0.05) is 12.1 Å². The summed E-state index contributed by atoms with van der Waals surface area (Å²) in [5.41, 5.74) is 5.70. The van der Waals surface area contributed by atoms with Gasteiger partial charge in [-0.3, -0.25) is 10.2 Å². The summed E-state index contributed by atoms with van der Waals surface area (Å²) < 4.78 is 17.3. The number of nitrogens with two attached hydrogens (primary N) is 1. The van der Waals surface area contributed by atoms with Crippen LogP contribution in [0.5, 0.6) is 0 Å². The van der Waals surface area contributed by atoms with E-state index in [-0.39, 0.29) is 37.1 Å². The van der Waals surface area contributed by atoms with Gasteiger partial charge in [0.05, 0.1) is 0 Å². The van der Waals surface area contributed by atoms with Gasteiger partial charge < -0.3 is 10.5 Å². The van der Waals surface area contributed by atoms with E-state index in [4.69, 9.17) is 15.9 Å². The summed E-state index contributed by atoms with van der Waals surface area (Å²) in [6, 6.07) is 5.62. The van der Waals surface area contributed by atoms with Crippen LogP contribution in [0.25, 0.3) is 0 Å². The standard InChI is InChI=1S/C10H11FN2O2.ClH/c11-8-3-1-7(2-4-8)6-15-10(14)5-9(12)13;/h1-4H,5-6H2,(H3,12,13);1H. The fourth-order valence-corrected chi connectivity index (χ4v) is 0.951. The Labute approximate surface area is 98.5 Å². The van der Waals surface area contributed by atoms with E-state index < -0.39 is 5.97 Å². The molecule has 0 fully saturated rings. The zero-order valence-corrected chi connectivity index (χ0v) is 9.22. The topological polar surface area (TPSA) is 76.2 Å². The molecule has 0 unspecified atom stereocenters. The van der Waals surface area contributed by atoms with Gasteiger partial charge in [0.15, 0.2) is 0 Å². The SMILES string of the molecule is Cl.N=C(N)CC(=O)OCc1ccc(F)cc1. The van der Waals surface area contributed by atoms with Gasteiger partial charge in [-0.2, -0.15) is 0 Å². The summed E-state index contributed by atoms with van der Waals surface area (Å²) in [4.78, 5) is 11.0. The molecule has 0 atom stereocenters. The molecule has 0 aliphatic heterocycles. The van der Waals surface area contributed by atoms with Crippen molar-refractivity contribution < 1.29 is 13.9 Å². The molecular weight excluding hydrogens is 235 g/mol. The van der Waals surface area contributed by atoms with Crippen molar-refractivity contribution in [3.8, 4) is 0 Å². The third-order valence-corrected chi connectivity index (χ3v) is 1.65. The molecule has 1 rings (SSSR count). The van der Waals surface area contributed by atoms with Crippen molar-refractivity contribution in [2.75, 3.05) is 0 Å². The molecule has 0 aliphatic rings. The van der Waals surface area contributed by atoms with E-state index in [2.05, 4.69) is 0 Å². The Morgan fingerprint density at radius 1 is 1.38 bits per heavy atom. The van der Waals surface area contributed by atoms with E-state index >= 15 is 0 Å². The molecule has 88 valence electrons. The number of carbonyl (C=O) groups is 1. The van der Waals surface area contributed by atoms with Crippen LogP contribution in [-0.4, -0.2) is 11.8 Å². The molecule has 0 saturated carbocycles. The van der Waals surface area contributed by atoms with E-state index in [9.17, 15) is 9.18 Å². The fourth-order valence-electron chi connectivity index (χ4n) is 0.951. The third kappa shape index (κ3) is 5.31. The molecule has 0 amide bonds. The van der Waals surface area contributed by atoms with Crippen molar-refractivity contribution in [3.05, 3.63) is 35.6 Å². The average Bonchev–Trinajstić information content (AvgIpc) is 2.16. The number of halogens is 2. The van der Waals surface area contributed by atoms with Crippen LogP contribution in [0, 0.1) is 11.2 Å². The summed E-state index contributed by atoms with van der Waals surface area (Å²) >= 11 is 0. The van der Waals surface area contributed by atoms with E-state index in [0.717, 1.165) is 0 Å². The molecule has 0 saturated heterocycles. The van der Waals surface area contributed by atoms with Gasteiger partial charge in [0.2, 0.25) is 0 Å². The highest BCUT2D eigenvalue weighted by atomic mass is 35.5. The normalized spacial score (nSPS) is 9.06. The molecule has 0 heterocycles. The van der Waals surface area contributed by atoms with Crippen molar-refractivity contribution in [2.24, 2.45) is 5.73 Å². The zero-order chi connectivity index (χ0) is 11.3. The Morgan fingerprint density at radius 2 is 1.94 bits per heavy atom. The molecule has 3 N–H and O–H groups in total. The van der Waals surface area contributed by atoms with Crippen LogP contribution in [0.2, 0.25) is 0 Å². The van der Waals surface area contributed by atoms with E-state index in [1.54, 1.807) is 0 Å². The molecule has 0 bridgehead atoms. The van der Waals surface area contributed by atoms with Crippen LogP contribution in [-0.2, 0) is 16.1 Å². The first-order chi connectivity index (χ1) is 7.08. The smallest absolute Gasteiger partial charge is 0.313 e. The zero-order valence-electron chi connectivity index (χ0n) is 8.40. The minimum absolute atomic E-state index is 0. The molecule has 1 aromatic carbocycles. The van der Waals surface area contributed by atoms with Gasteiger partial charge in [0.1, 0.15) is 24.7 Å². The highest BCUT2D eigenvalue weighted by molar-refractivity contribution is 5.94. The number of hydrogen-bond acceptors (Lipinski definition) is 3. The van der Waals surface area contributed by atoms with Crippen molar-refractivity contribution in [1.29, 1.82) is 5.41 Å². The molecular formula is C10H12ClFN2O2. The minimum Gasteiger partial charge on any atom is -0.460 e. The highest BCUT2D eigenvalue weighted by Gasteiger charge is 2.04. The predicted molar refractivity (Wildman–Crippen MR) is 60.0 cm³/mol. The van der Waals surface area contributed by atoms with Crippen molar-refractivity contribution in [2.45, 2.75) is 13.0 Å². The van der Waals surface area contributed by atoms with Gasteiger partial charge >= 0.3 is 5.97 Å². The van der Waals surface area contributed by atoms with E-state index in [1.165, 1.54) is 24.3 Å². The Hall–Kier alpha value is -1.62. The van der Waals surface area contributed by atoms with Gasteiger partial charge in [-0.25, -0.2) is 4.39 Å². The summed E-state index contributed by atoms with van der Waals surface area (Å²) in [6.45, 7) is 0.0619. The first kappa shape index (κ1) is 14.4. The number of carbonyl (C=O) groups excluding carboxylic acids is 1. The lowest BCUT2D eigenvalue weighted by Gasteiger charge is -2.03. The molecule has 0 aliphatic carbocycles. The van der Waals surface area contributed by atoms with Crippen LogP contribution < -0.4 is 5.73 Å². The highest BCUT2D eigenvalue weighted by Crippen LogP contribution is 2.04. The van der Waals surface area contributed by atoms with Crippen LogP contribution in [0.4, 0.5) is 4.39 Å². The quantitative estimate of drug-likeness (QED) is 0.481. The van der Waals surface area contributed by atoms with E-state index in [1.807, 2.05) is 0 Å². The lowest BCUT2D eigenvalue weighted by molar-refractivity contribution is -0.143. The molecule has 16 heavy (non-hydrogen) atoms. The van der Waals surface area contributed by atoms with Crippen LogP contribution >= 0.6 is 12.4 Å². The minimum atomic E-state index is -0.563. The van der Waals surface area contributed by atoms with Gasteiger partial charge in [-0.05, 0) is 17.7 Å². The van der Waals surface area contributed by atoms with Crippen molar-refractivity contribution in [1.82, 2.24) is 0 Å². The lowest BCUT2D eigenvalue weighted by Crippen LogP contribution is -2.17. The Kier molecular flexibility index (Phi) is 6.10. The molecule has 0 aromatic heterocycles. The number of benzene rings is 1. The van der Waals surface area contributed by atoms with Crippen LogP contribution in [0.15, 0.2) is 24.3 Å². The maximum Gasteiger partial charge on any atom is 0.313 e. The number of esters is 1. The van der Waals surface area contributed by atoms with Gasteiger partial charge in [0.25, 0.3) is 0 Å². The lowest BCUT2D eigenvalue weighted by atomic mass is 10.2. The number of ether oxygens (including phenoxy) is 1. The molecule has 1 aromatic rings. The second-order valence-corrected chi connectivity index (χ2v) is 2.99. The Morgan fingerprint density at radius 3 is 2.44 bits per heavy atom. The monoisotopic (exact) mass is 246 g/mol. The third-order valence-electron chi connectivity index (χ3n) is 1.65. The maximum atomic E-state index is 12.5. The molecule has 0 spiro atoms. The predicted octanol–water partition coefficient (Wildman–Crippen LogP) is 1.62. The molecule has 6 heteroatoms. The maximum absolute atomic E-state index is 12.5. The van der Waals surface area contributed by atoms with E-state index in [0.29, 0.717) is 5.56 Å². The summed E-state index contributed by atoms with van der Waals surface area (Å²) in [5.74, 6) is -1.14. The van der Waals surface area contributed by atoms with Gasteiger partial charge in [-0.15, -0.1) is 12.4 Å². The number of nitrogens with one attached hydrogen (secondary N) is 1. The summed E-state index contributed by atoms with van der Waals surface area (Å²) in [5, 5.41) is 6.86. The molecule has 4 nitrogen and oxygen atoms in total. The Balaban J connectivity index is 0.00000225. The summed E-state index contributed by atoms with van der Waals surface area (Å²) in [7, 11) is 0. The Bertz CT molecular complexity index is 368. The first-order valence-corrected chi connectivity index (χ1v) is 4.31. The second kappa shape index (κ2) is 6.79.